The topological polar surface area (TPSA) is 21.3 Å². The van der Waals surface area contributed by atoms with Gasteiger partial charge in [-0.05, 0) is 45.6 Å². The SMILES string of the molecule is CCC(C)(C)C(CCC(C)(C)OC)NC. The Bertz CT molecular complexity index is 175. The van der Waals surface area contributed by atoms with Crippen LogP contribution < -0.4 is 5.32 Å². The Morgan fingerprint density at radius 3 is 2.07 bits per heavy atom. The van der Waals surface area contributed by atoms with E-state index in [0.717, 1.165) is 12.8 Å². The maximum atomic E-state index is 5.45. The average Bonchev–Trinajstić information content (AvgIpc) is 2.18. The molecule has 15 heavy (non-hydrogen) atoms. The second-order valence-corrected chi connectivity index (χ2v) is 5.69. The summed E-state index contributed by atoms with van der Waals surface area (Å²) >= 11 is 0. The Kier molecular flexibility index (Phi) is 5.82. The zero-order valence-corrected chi connectivity index (χ0v) is 11.6. The van der Waals surface area contributed by atoms with Crippen LogP contribution in [0.25, 0.3) is 0 Å². The minimum Gasteiger partial charge on any atom is -0.379 e. The molecule has 1 unspecified atom stereocenters. The van der Waals surface area contributed by atoms with Crippen LogP contribution in [-0.2, 0) is 4.74 Å². The molecule has 0 aromatic rings. The number of nitrogens with one attached hydrogen (secondary N) is 1. The third-order valence-electron chi connectivity index (χ3n) is 3.79. The van der Waals surface area contributed by atoms with Crippen molar-refractivity contribution in [2.75, 3.05) is 14.2 Å². The van der Waals surface area contributed by atoms with E-state index < -0.39 is 0 Å². The van der Waals surface area contributed by atoms with Crippen LogP contribution in [0.15, 0.2) is 0 Å². The van der Waals surface area contributed by atoms with Gasteiger partial charge in [0, 0.05) is 13.2 Å². The zero-order valence-electron chi connectivity index (χ0n) is 11.6. The lowest BCUT2D eigenvalue weighted by molar-refractivity contribution is 0.00817. The standard InChI is InChI=1S/C13H29NO/c1-8-12(2,3)11(14-6)9-10-13(4,5)15-7/h11,14H,8-10H2,1-7H3. The molecule has 2 nitrogen and oxygen atoms in total. The smallest absolute Gasteiger partial charge is 0.0623 e. The molecule has 0 aliphatic rings. The van der Waals surface area contributed by atoms with Crippen LogP contribution >= 0.6 is 0 Å². The van der Waals surface area contributed by atoms with Crippen molar-refractivity contribution in [3.63, 3.8) is 0 Å². The number of methoxy groups -OCH3 is 1. The Morgan fingerprint density at radius 2 is 1.73 bits per heavy atom. The largest absolute Gasteiger partial charge is 0.379 e. The van der Waals surface area contributed by atoms with Crippen molar-refractivity contribution in [2.24, 2.45) is 5.41 Å². The quantitative estimate of drug-likeness (QED) is 0.704. The van der Waals surface area contributed by atoms with Crippen LogP contribution in [0.1, 0.15) is 53.9 Å². The molecule has 2 heteroatoms. The molecule has 0 radical (unpaired) electrons. The summed E-state index contributed by atoms with van der Waals surface area (Å²) in [4.78, 5) is 0. The van der Waals surface area contributed by atoms with Gasteiger partial charge in [-0.3, -0.25) is 0 Å². The highest BCUT2D eigenvalue weighted by atomic mass is 16.5. The summed E-state index contributed by atoms with van der Waals surface area (Å²) in [6.45, 7) is 11.2. The first-order valence-corrected chi connectivity index (χ1v) is 6.01. The van der Waals surface area contributed by atoms with Gasteiger partial charge in [0.15, 0.2) is 0 Å². The maximum Gasteiger partial charge on any atom is 0.0623 e. The van der Waals surface area contributed by atoms with E-state index in [1.165, 1.54) is 6.42 Å². The third-order valence-corrected chi connectivity index (χ3v) is 3.79. The first-order chi connectivity index (χ1) is 6.79. The van der Waals surface area contributed by atoms with Gasteiger partial charge in [-0.2, -0.15) is 0 Å². The Balaban J connectivity index is 4.24. The minimum absolute atomic E-state index is 0.00107. The van der Waals surface area contributed by atoms with Crippen molar-refractivity contribution in [3.8, 4) is 0 Å². The second kappa shape index (κ2) is 5.86. The number of ether oxygens (including phenoxy) is 1. The summed E-state index contributed by atoms with van der Waals surface area (Å²) in [5.41, 5.74) is 0.359. The predicted octanol–water partition coefficient (Wildman–Crippen LogP) is 3.22. The van der Waals surface area contributed by atoms with Gasteiger partial charge in [0.2, 0.25) is 0 Å². The first-order valence-electron chi connectivity index (χ1n) is 6.01. The second-order valence-electron chi connectivity index (χ2n) is 5.69. The van der Waals surface area contributed by atoms with Gasteiger partial charge in [0.25, 0.3) is 0 Å². The predicted molar refractivity (Wildman–Crippen MR) is 67.2 cm³/mol. The van der Waals surface area contributed by atoms with Crippen molar-refractivity contribution in [1.82, 2.24) is 5.32 Å². The third kappa shape index (κ3) is 4.98. The number of rotatable bonds is 7. The Hall–Kier alpha value is -0.0800. The molecule has 0 aromatic heterocycles. The van der Waals surface area contributed by atoms with E-state index in [-0.39, 0.29) is 5.60 Å². The molecular formula is C13H29NO. The van der Waals surface area contributed by atoms with Crippen molar-refractivity contribution < 1.29 is 4.74 Å². The fourth-order valence-corrected chi connectivity index (χ4v) is 1.77. The van der Waals surface area contributed by atoms with E-state index in [1.807, 2.05) is 0 Å². The lowest BCUT2D eigenvalue weighted by Gasteiger charge is -2.35. The summed E-state index contributed by atoms with van der Waals surface area (Å²) in [5.74, 6) is 0. The van der Waals surface area contributed by atoms with E-state index in [1.54, 1.807) is 7.11 Å². The van der Waals surface area contributed by atoms with Crippen LogP contribution in [0.2, 0.25) is 0 Å². The van der Waals surface area contributed by atoms with E-state index in [4.69, 9.17) is 4.74 Å². The van der Waals surface area contributed by atoms with Gasteiger partial charge in [-0.1, -0.05) is 20.8 Å². The van der Waals surface area contributed by atoms with E-state index in [0.29, 0.717) is 11.5 Å². The molecule has 0 amide bonds. The molecule has 1 N–H and O–H groups in total. The normalized spacial score (nSPS) is 15.4. The van der Waals surface area contributed by atoms with Crippen molar-refractivity contribution in [1.29, 1.82) is 0 Å². The molecule has 0 saturated heterocycles. The van der Waals surface area contributed by atoms with Gasteiger partial charge in [0.05, 0.1) is 5.60 Å². The fourth-order valence-electron chi connectivity index (χ4n) is 1.77. The monoisotopic (exact) mass is 215 g/mol. The summed E-state index contributed by atoms with van der Waals surface area (Å²) in [5, 5.41) is 3.43. The maximum absolute atomic E-state index is 5.45. The van der Waals surface area contributed by atoms with E-state index in [2.05, 4.69) is 47.0 Å². The molecule has 0 aromatic carbocycles. The molecule has 1 atom stereocenters. The first kappa shape index (κ1) is 14.9. The summed E-state index contributed by atoms with van der Waals surface area (Å²) < 4.78 is 5.45. The summed E-state index contributed by atoms with van der Waals surface area (Å²) in [7, 11) is 3.85. The van der Waals surface area contributed by atoms with Crippen molar-refractivity contribution in [2.45, 2.75) is 65.5 Å². The molecule has 0 aliphatic heterocycles. The lowest BCUT2D eigenvalue weighted by Crippen LogP contribution is -2.41. The van der Waals surface area contributed by atoms with Crippen molar-refractivity contribution >= 4 is 0 Å². The Labute approximate surface area is 95.8 Å². The van der Waals surface area contributed by atoms with Gasteiger partial charge < -0.3 is 10.1 Å². The minimum atomic E-state index is -0.00107. The van der Waals surface area contributed by atoms with Crippen LogP contribution in [0.4, 0.5) is 0 Å². The lowest BCUT2D eigenvalue weighted by atomic mass is 9.78. The van der Waals surface area contributed by atoms with Gasteiger partial charge in [0.1, 0.15) is 0 Å². The molecule has 92 valence electrons. The highest BCUT2D eigenvalue weighted by molar-refractivity contribution is 4.84. The zero-order chi connectivity index (χ0) is 12.1. The molecule has 0 fully saturated rings. The molecule has 0 saturated carbocycles. The average molecular weight is 215 g/mol. The summed E-state index contributed by atoms with van der Waals surface area (Å²) in [6, 6.07) is 0.567. The molecular weight excluding hydrogens is 186 g/mol. The van der Waals surface area contributed by atoms with Gasteiger partial charge in [-0.15, -0.1) is 0 Å². The summed E-state index contributed by atoms with van der Waals surface area (Å²) in [6.07, 6.45) is 3.46. The Morgan fingerprint density at radius 1 is 1.20 bits per heavy atom. The van der Waals surface area contributed by atoms with Crippen molar-refractivity contribution in [3.05, 3.63) is 0 Å². The van der Waals surface area contributed by atoms with Gasteiger partial charge in [-0.25, -0.2) is 0 Å². The van der Waals surface area contributed by atoms with E-state index >= 15 is 0 Å². The molecule has 0 rings (SSSR count). The number of hydrogen-bond acceptors (Lipinski definition) is 2. The number of hydrogen-bond donors (Lipinski definition) is 1. The van der Waals surface area contributed by atoms with Crippen LogP contribution in [0.5, 0.6) is 0 Å². The van der Waals surface area contributed by atoms with E-state index in [9.17, 15) is 0 Å². The van der Waals surface area contributed by atoms with Gasteiger partial charge >= 0.3 is 0 Å². The molecule has 0 aliphatic carbocycles. The fraction of sp³-hybridized carbons (Fsp3) is 1.00. The molecule has 0 spiro atoms. The molecule has 0 bridgehead atoms. The molecule has 0 heterocycles. The highest BCUT2D eigenvalue weighted by Gasteiger charge is 2.28. The highest BCUT2D eigenvalue weighted by Crippen LogP contribution is 2.29. The van der Waals surface area contributed by atoms with Crippen LogP contribution in [0, 0.1) is 5.41 Å². The van der Waals surface area contributed by atoms with Crippen LogP contribution in [-0.4, -0.2) is 25.8 Å². The van der Waals surface area contributed by atoms with Crippen LogP contribution in [0.3, 0.4) is 0 Å².